The van der Waals surface area contributed by atoms with E-state index in [1.807, 2.05) is 6.07 Å². The van der Waals surface area contributed by atoms with E-state index >= 15 is 4.39 Å². The molecule has 41 heavy (non-hydrogen) atoms. The minimum atomic E-state index is -1.00. The highest BCUT2D eigenvalue weighted by Crippen LogP contribution is 2.31. The molecular formula is C31H32FN5O4. The smallest absolute Gasteiger partial charge is 0.329 e. The number of aliphatic carboxylic acids is 1. The fourth-order valence-electron chi connectivity index (χ4n) is 5.73. The molecule has 1 aliphatic carbocycles. The zero-order chi connectivity index (χ0) is 28.9. The first kappa shape index (κ1) is 28.2. The molecule has 4 aromatic rings. The summed E-state index contributed by atoms with van der Waals surface area (Å²) in [6.45, 7) is 1.73. The SMILES string of the molecule is CCCCc1c(Cc2ccc(-c3ccccc3C#N)cc2F)c(=O)n(C2CCC(OCC(=O)O)CC2)c2ncnn12. The van der Waals surface area contributed by atoms with Crippen molar-refractivity contribution >= 4 is 11.7 Å². The predicted molar refractivity (Wildman–Crippen MR) is 150 cm³/mol. The molecular weight excluding hydrogens is 525 g/mol. The van der Waals surface area contributed by atoms with Gasteiger partial charge in [0.25, 0.3) is 5.56 Å². The maximum atomic E-state index is 15.6. The standard InChI is InChI=1S/C31H32FN5O4/c1-2-3-8-28-26(15-21-10-9-20(16-27(21)32)25-7-5-4-6-22(25)17-33)30(40)36(31-34-19-35-37(28)31)23-11-13-24(14-12-23)41-18-29(38)39/h4-7,9-10,16,19,23-24H,2-3,8,11-15,18H2,1H3,(H,38,39). The molecule has 2 aromatic heterocycles. The van der Waals surface area contributed by atoms with E-state index in [0.717, 1.165) is 18.5 Å². The van der Waals surface area contributed by atoms with E-state index in [4.69, 9.17) is 9.84 Å². The van der Waals surface area contributed by atoms with Crippen molar-refractivity contribution in [3.05, 3.63) is 87.3 Å². The fraction of sp³-hybridized carbons (Fsp3) is 0.387. The van der Waals surface area contributed by atoms with Crippen LogP contribution in [0.15, 0.2) is 53.6 Å². The van der Waals surface area contributed by atoms with Gasteiger partial charge in [0.15, 0.2) is 0 Å². The highest BCUT2D eigenvalue weighted by Gasteiger charge is 2.28. The fourth-order valence-corrected chi connectivity index (χ4v) is 5.73. The number of carbonyl (C=O) groups is 1. The summed E-state index contributed by atoms with van der Waals surface area (Å²) >= 11 is 0. The molecule has 0 saturated heterocycles. The molecule has 0 radical (unpaired) electrons. The Balaban J connectivity index is 1.52. The number of aromatic nitrogens is 4. The van der Waals surface area contributed by atoms with Crippen molar-refractivity contribution in [1.82, 2.24) is 19.2 Å². The summed E-state index contributed by atoms with van der Waals surface area (Å²) in [6, 6.07) is 13.9. The second kappa shape index (κ2) is 12.4. The molecule has 1 N–H and O–H groups in total. The molecule has 9 nitrogen and oxygen atoms in total. The van der Waals surface area contributed by atoms with Crippen LogP contribution >= 0.6 is 0 Å². The number of carboxylic acids is 1. The van der Waals surface area contributed by atoms with Crippen molar-refractivity contribution < 1.29 is 19.0 Å². The number of nitrogens with zero attached hydrogens (tertiary/aromatic N) is 5. The number of carboxylic acid groups (broad SMARTS) is 1. The summed E-state index contributed by atoms with van der Waals surface area (Å²) in [5.74, 6) is -0.989. The van der Waals surface area contributed by atoms with Gasteiger partial charge in [-0.2, -0.15) is 15.3 Å². The molecule has 10 heteroatoms. The number of benzene rings is 2. The number of hydrogen-bond donors (Lipinski definition) is 1. The van der Waals surface area contributed by atoms with Crippen LogP contribution in [0, 0.1) is 17.1 Å². The van der Waals surface area contributed by atoms with Gasteiger partial charge < -0.3 is 9.84 Å². The van der Waals surface area contributed by atoms with Crippen LogP contribution in [-0.4, -0.2) is 43.0 Å². The number of hydrogen-bond acceptors (Lipinski definition) is 6. The third kappa shape index (κ3) is 5.91. The Kier molecular flexibility index (Phi) is 8.55. The molecule has 2 aromatic carbocycles. The van der Waals surface area contributed by atoms with Crippen LogP contribution in [0.5, 0.6) is 0 Å². The molecule has 1 fully saturated rings. The topological polar surface area (TPSA) is 123 Å². The Morgan fingerprint density at radius 1 is 1.20 bits per heavy atom. The number of ether oxygens (including phenoxy) is 1. The van der Waals surface area contributed by atoms with E-state index < -0.39 is 11.8 Å². The Morgan fingerprint density at radius 3 is 2.68 bits per heavy atom. The molecule has 2 heterocycles. The second-order valence-electron chi connectivity index (χ2n) is 10.5. The molecule has 0 aliphatic heterocycles. The Hall–Kier alpha value is -4.36. The third-order valence-electron chi connectivity index (χ3n) is 7.82. The quantitative estimate of drug-likeness (QED) is 0.288. The zero-order valence-corrected chi connectivity index (χ0v) is 22.9. The summed E-state index contributed by atoms with van der Waals surface area (Å²) in [5.41, 5.74) is 3.12. The zero-order valence-electron chi connectivity index (χ0n) is 22.9. The lowest BCUT2D eigenvalue weighted by atomic mass is 9.92. The summed E-state index contributed by atoms with van der Waals surface area (Å²) in [6.07, 6.45) is 6.22. The first-order chi connectivity index (χ1) is 19.9. The van der Waals surface area contributed by atoms with E-state index in [0.29, 0.717) is 65.7 Å². The molecule has 1 aliphatic rings. The van der Waals surface area contributed by atoms with Crippen LogP contribution in [0.2, 0.25) is 0 Å². The van der Waals surface area contributed by atoms with E-state index in [-0.39, 0.29) is 30.7 Å². The van der Waals surface area contributed by atoms with Gasteiger partial charge >= 0.3 is 5.97 Å². The maximum Gasteiger partial charge on any atom is 0.329 e. The van der Waals surface area contributed by atoms with Crippen molar-refractivity contribution in [2.24, 2.45) is 0 Å². The minimum absolute atomic E-state index is 0.0940. The molecule has 1 saturated carbocycles. The van der Waals surface area contributed by atoms with Crippen molar-refractivity contribution in [1.29, 1.82) is 5.26 Å². The van der Waals surface area contributed by atoms with Gasteiger partial charge in [-0.15, -0.1) is 0 Å². The lowest BCUT2D eigenvalue weighted by molar-refractivity contribution is -0.145. The van der Waals surface area contributed by atoms with Crippen molar-refractivity contribution in [2.45, 2.75) is 70.4 Å². The predicted octanol–water partition coefficient (Wildman–Crippen LogP) is 5.09. The highest BCUT2D eigenvalue weighted by molar-refractivity contribution is 5.70. The number of aryl methyl sites for hydroxylation is 1. The van der Waals surface area contributed by atoms with Crippen LogP contribution in [0.25, 0.3) is 16.9 Å². The van der Waals surface area contributed by atoms with Gasteiger partial charge in [0, 0.05) is 18.0 Å². The van der Waals surface area contributed by atoms with Gasteiger partial charge in [-0.3, -0.25) is 9.36 Å². The second-order valence-corrected chi connectivity index (χ2v) is 10.5. The van der Waals surface area contributed by atoms with Crippen LogP contribution in [-0.2, 0) is 22.4 Å². The monoisotopic (exact) mass is 557 g/mol. The Labute approximate surface area is 236 Å². The number of rotatable bonds is 10. The van der Waals surface area contributed by atoms with Crippen molar-refractivity contribution in [3.8, 4) is 17.2 Å². The van der Waals surface area contributed by atoms with Gasteiger partial charge in [0.05, 0.1) is 23.4 Å². The first-order valence-corrected chi connectivity index (χ1v) is 14.0. The lowest BCUT2D eigenvalue weighted by Gasteiger charge is -2.30. The van der Waals surface area contributed by atoms with Crippen LogP contribution in [0.4, 0.5) is 4.39 Å². The van der Waals surface area contributed by atoms with Crippen LogP contribution < -0.4 is 5.56 Å². The molecule has 0 unspecified atom stereocenters. The lowest BCUT2D eigenvalue weighted by Crippen LogP contribution is -2.35. The largest absolute Gasteiger partial charge is 0.480 e. The molecule has 5 rings (SSSR count). The minimum Gasteiger partial charge on any atom is -0.480 e. The van der Waals surface area contributed by atoms with Gasteiger partial charge in [0.1, 0.15) is 18.8 Å². The summed E-state index contributed by atoms with van der Waals surface area (Å²) < 4.78 is 24.5. The molecule has 0 bridgehead atoms. The summed E-state index contributed by atoms with van der Waals surface area (Å²) in [7, 11) is 0. The number of halogens is 1. The molecule has 212 valence electrons. The van der Waals surface area contributed by atoms with Crippen molar-refractivity contribution in [2.75, 3.05) is 6.61 Å². The van der Waals surface area contributed by atoms with E-state index in [1.54, 1.807) is 39.4 Å². The Bertz CT molecular complexity index is 1660. The van der Waals surface area contributed by atoms with E-state index in [1.165, 1.54) is 12.4 Å². The normalized spacial score (nSPS) is 17.0. The number of fused-ring (bicyclic) bond motifs is 1. The summed E-state index contributed by atoms with van der Waals surface area (Å²) in [4.78, 5) is 29.5. The average molecular weight is 558 g/mol. The van der Waals surface area contributed by atoms with Gasteiger partial charge in [0.2, 0.25) is 5.78 Å². The van der Waals surface area contributed by atoms with Gasteiger partial charge in [-0.25, -0.2) is 13.7 Å². The van der Waals surface area contributed by atoms with Crippen molar-refractivity contribution in [3.63, 3.8) is 0 Å². The van der Waals surface area contributed by atoms with Gasteiger partial charge in [-0.1, -0.05) is 43.7 Å². The molecule has 0 amide bonds. The Morgan fingerprint density at radius 2 is 1.98 bits per heavy atom. The summed E-state index contributed by atoms with van der Waals surface area (Å²) in [5, 5.41) is 22.9. The highest BCUT2D eigenvalue weighted by atomic mass is 19.1. The van der Waals surface area contributed by atoms with E-state index in [2.05, 4.69) is 23.1 Å². The van der Waals surface area contributed by atoms with Gasteiger partial charge in [-0.05, 0) is 67.3 Å². The molecule has 0 atom stereocenters. The third-order valence-corrected chi connectivity index (χ3v) is 7.82. The van der Waals surface area contributed by atoms with Crippen LogP contribution in [0.1, 0.15) is 73.9 Å². The first-order valence-electron chi connectivity index (χ1n) is 14.0. The van der Waals surface area contributed by atoms with Crippen LogP contribution in [0.3, 0.4) is 0 Å². The maximum absolute atomic E-state index is 15.6. The number of unbranched alkanes of at least 4 members (excludes halogenated alkanes) is 1. The molecule has 0 spiro atoms. The van der Waals surface area contributed by atoms with E-state index in [9.17, 15) is 14.9 Å². The number of nitriles is 1. The average Bonchev–Trinajstić information content (AvgIpc) is 3.46.